The van der Waals surface area contributed by atoms with Crippen LogP contribution in [0.5, 0.6) is 5.75 Å². The molecule has 0 saturated carbocycles. The van der Waals surface area contributed by atoms with E-state index in [2.05, 4.69) is 32.5 Å². The third kappa shape index (κ3) is 7.52. The van der Waals surface area contributed by atoms with E-state index in [0.717, 1.165) is 28.0 Å². The number of carbonyl (C=O) groups excluding carboxylic acids is 1. The fourth-order valence-corrected chi connectivity index (χ4v) is 3.54. The second-order valence-corrected chi connectivity index (χ2v) is 7.41. The van der Waals surface area contributed by atoms with E-state index in [4.69, 9.17) is 0 Å². The van der Waals surface area contributed by atoms with Gasteiger partial charge in [0.05, 0.1) is 5.75 Å². The summed E-state index contributed by atoms with van der Waals surface area (Å²) in [6.07, 6.45) is 1.61. The fourth-order valence-electron chi connectivity index (χ4n) is 1.93. The lowest BCUT2D eigenvalue weighted by atomic mass is 10.1. The average Bonchev–Trinajstić information content (AvgIpc) is 3.07. The topological polar surface area (TPSA) is 76.1 Å². The number of ether oxygens (including phenoxy) is 1. The van der Waals surface area contributed by atoms with Gasteiger partial charge in [-0.1, -0.05) is 42.2 Å². The van der Waals surface area contributed by atoms with Crippen LogP contribution >= 0.6 is 23.1 Å². The van der Waals surface area contributed by atoms with Crippen molar-refractivity contribution in [3.8, 4) is 5.75 Å². The van der Waals surface area contributed by atoms with Crippen LogP contribution < -0.4 is 15.4 Å². The standard InChI is InChI=1S/C16H20F2N4O2S2/c1-2-8-20-15-21-22-16(26-15)25-10-13(23)19-9-7-11-3-5-12(6-4-11)24-14(17)18/h3-6,14H,2,7-10H2,1H3,(H,19,23)(H,20,21). The molecule has 0 saturated heterocycles. The van der Waals surface area contributed by atoms with Crippen molar-refractivity contribution in [1.82, 2.24) is 15.5 Å². The maximum absolute atomic E-state index is 12.1. The minimum absolute atomic E-state index is 0.0917. The van der Waals surface area contributed by atoms with Gasteiger partial charge in [-0.2, -0.15) is 8.78 Å². The second-order valence-electron chi connectivity index (χ2n) is 5.21. The Morgan fingerprint density at radius 3 is 2.73 bits per heavy atom. The minimum atomic E-state index is -2.83. The summed E-state index contributed by atoms with van der Waals surface area (Å²) in [6.45, 7) is 0.548. The third-order valence-electron chi connectivity index (χ3n) is 3.14. The number of nitrogens with one attached hydrogen (secondary N) is 2. The van der Waals surface area contributed by atoms with Crippen molar-refractivity contribution in [2.45, 2.75) is 30.7 Å². The highest BCUT2D eigenvalue weighted by Gasteiger charge is 2.08. The van der Waals surface area contributed by atoms with Gasteiger partial charge >= 0.3 is 6.61 Å². The van der Waals surface area contributed by atoms with Crippen molar-refractivity contribution < 1.29 is 18.3 Å². The van der Waals surface area contributed by atoms with Gasteiger partial charge in [-0.3, -0.25) is 4.79 Å². The smallest absolute Gasteiger partial charge is 0.387 e. The van der Waals surface area contributed by atoms with E-state index in [0.29, 0.717) is 13.0 Å². The van der Waals surface area contributed by atoms with Gasteiger partial charge in [-0.15, -0.1) is 10.2 Å². The van der Waals surface area contributed by atoms with Gasteiger partial charge in [-0.25, -0.2) is 0 Å². The number of nitrogens with zero attached hydrogens (tertiary/aromatic N) is 2. The molecule has 1 amide bonds. The van der Waals surface area contributed by atoms with Gasteiger partial charge in [0.1, 0.15) is 5.75 Å². The Kier molecular flexibility index (Phi) is 8.56. The first-order valence-corrected chi connectivity index (χ1v) is 9.87. The van der Waals surface area contributed by atoms with Crippen LogP contribution in [-0.2, 0) is 11.2 Å². The fraction of sp³-hybridized carbons (Fsp3) is 0.438. The summed E-state index contributed by atoms with van der Waals surface area (Å²) in [5, 5.41) is 14.8. The van der Waals surface area contributed by atoms with E-state index in [-0.39, 0.29) is 17.4 Å². The number of aromatic nitrogens is 2. The molecule has 142 valence electrons. The van der Waals surface area contributed by atoms with Crippen LogP contribution in [0.15, 0.2) is 28.6 Å². The number of halogens is 2. The third-order valence-corrected chi connectivity index (χ3v) is 5.16. The summed E-state index contributed by atoms with van der Waals surface area (Å²) >= 11 is 2.77. The summed E-state index contributed by atoms with van der Waals surface area (Å²) in [4.78, 5) is 11.9. The van der Waals surface area contributed by atoms with Crippen LogP contribution in [0.1, 0.15) is 18.9 Å². The lowest BCUT2D eigenvalue weighted by Gasteiger charge is -2.07. The Hall–Kier alpha value is -1.94. The molecule has 10 heteroatoms. The molecule has 2 aromatic rings. The normalized spacial score (nSPS) is 10.8. The lowest BCUT2D eigenvalue weighted by molar-refractivity contribution is -0.118. The molecule has 6 nitrogen and oxygen atoms in total. The Labute approximate surface area is 158 Å². The molecule has 0 spiro atoms. The molecule has 0 aliphatic heterocycles. The predicted molar refractivity (Wildman–Crippen MR) is 99.2 cm³/mol. The van der Waals surface area contributed by atoms with Gasteiger partial charge < -0.3 is 15.4 Å². The van der Waals surface area contributed by atoms with Crippen LogP contribution in [0.4, 0.5) is 13.9 Å². The van der Waals surface area contributed by atoms with Crippen molar-refractivity contribution in [1.29, 1.82) is 0 Å². The monoisotopic (exact) mass is 402 g/mol. The average molecular weight is 402 g/mol. The maximum Gasteiger partial charge on any atom is 0.387 e. The van der Waals surface area contributed by atoms with E-state index in [1.54, 1.807) is 12.1 Å². The van der Waals surface area contributed by atoms with Crippen molar-refractivity contribution in [3.63, 3.8) is 0 Å². The number of carbonyl (C=O) groups is 1. The highest BCUT2D eigenvalue weighted by Crippen LogP contribution is 2.25. The summed E-state index contributed by atoms with van der Waals surface area (Å²) in [5.74, 6) is 0.295. The Bertz CT molecular complexity index is 683. The molecule has 1 aromatic carbocycles. The van der Waals surface area contributed by atoms with Crippen molar-refractivity contribution >= 4 is 34.1 Å². The zero-order chi connectivity index (χ0) is 18.8. The predicted octanol–water partition coefficient (Wildman–Crippen LogP) is 3.41. The first kappa shape index (κ1) is 20.4. The molecule has 0 aliphatic carbocycles. The first-order valence-electron chi connectivity index (χ1n) is 8.07. The van der Waals surface area contributed by atoms with E-state index in [1.165, 1.54) is 35.2 Å². The second kappa shape index (κ2) is 10.9. The summed E-state index contributed by atoms with van der Waals surface area (Å²) in [5.41, 5.74) is 0.926. The molecule has 2 N–H and O–H groups in total. The summed E-state index contributed by atoms with van der Waals surface area (Å²) in [6, 6.07) is 6.37. The molecule has 0 bridgehead atoms. The maximum atomic E-state index is 12.1. The van der Waals surface area contributed by atoms with E-state index in [9.17, 15) is 13.6 Å². The Morgan fingerprint density at radius 2 is 2.04 bits per heavy atom. The van der Waals surface area contributed by atoms with Crippen LogP contribution in [0.25, 0.3) is 0 Å². The Balaban J connectivity index is 1.64. The number of thioether (sulfide) groups is 1. The highest BCUT2D eigenvalue weighted by atomic mass is 32.2. The number of hydrogen-bond donors (Lipinski definition) is 2. The number of rotatable bonds is 11. The van der Waals surface area contributed by atoms with Crippen LogP contribution in [0, 0.1) is 0 Å². The molecule has 1 heterocycles. The van der Waals surface area contributed by atoms with E-state index in [1.807, 2.05) is 0 Å². The van der Waals surface area contributed by atoms with E-state index >= 15 is 0 Å². The summed E-state index contributed by atoms with van der Waals surface area (Å²) < 4.78 is 29.2. The molecule has 0 aliphatic rings. The van der Waals surface area contributed by atoms with Gasteiger partial charge in [0.25, 0.3) is 0 Å². The number of anilines is 1. The zero-order valence-electron chi connectivity index (χ0n) is 14.2. The number of amides is 1. The molecular weight excluding hydrogens is 382 g/mol. The van der Waals surface area contributed by atoms with Gasteiger partial charge in [-0.05, 0) is 30.5 Å². The molecule has 0 fully saturated rings. The van der Waals surface area contributed by atoms with Crippen molar-refractivity contribution in [3.05, 3.63) is 29.8 Å². The molecule has 26 heavy (non-hydrogen) atoms. The van der Waals surface area contributed by atoms with Crippen LogP contribution in [-0.4, -0.2) is 41.6 Å². The molecule has 1 aromatic heterocycles. The van der Waals surface area contributed by atoms with Crippen molar-refractivity contribution in [2.75, 3.05) is 24.2 Å². The van der Waals surface area contributed by atoms with Crippen LogP contribution in [0.3, 0.4) is 0 Å². The molecular formula is C16H20F2N4O2S2. The number of hydrogen-bond acceptors (Lipinski definition) is 7. The van der Waals surface area contributed by atoms with Gasteiger partial charge in [0.15, 0.2) is 4.34 Å². The quantitative estimate of drug-likeness (QED) is 0.561. The first-order chi connectivity index (χ1) is 12.6. The number of alkyl halides is 2. The zero-order valence-corrected chi connectivity index (χ0v) is 15.8. The van der Waals surface area contributed by atoms with Crippen molar-refractivity contribution in [2.24, 2.45) is 0 Å². The Morgan fingerprint density at radius 1 is 1.27 bits per heavy atom. The molecule has 2 rings (SSSR count). The molecule has 0 unspecified atom stereocenters. The van der Waals surface area contributed by atoms with Gasteiger partial charge in [0, 0.05) is 13.1 Å². The lowest BCUT2D eigenvalue weighted by Crippen LogP contribution is -2.27. The molecule has 0 radical (unpaired) electrons. The highest BCUT2D eigenvalue weighted by molar-refractivity contribution is 8.01. The van der Waals surface area contributed by atoms with Gasteiger partial charge in [0.2, 0.25) is 11.0 Å². The van der Waals surface area contributed by atoms with Crippen LogP contribution in [0.2, 0.25) is 0 Å². The number of benzene rings is 1. The molecule has 0 atom stereocenters. The largest absolute Gasteiger partial charge is 0.435 e. The SMILES string of the molecule is CCCNc1nnc(SCC(=O)NCCc2ccc(OC(F)F)cc2)s1. The van der Waals surface area contributed by atoms with E-state index < -0.39 is 6.61 Å². The summed E-state index contributed by atoms with van der Waals surface area (Å²) in [7, 11) is 0. The minimum Gasteiger partial charge on any atom is -0.435 e.